The molecule has 1 saturated heterocycles. The van der Waals surface area contributed by atoms with Gasteiger partial charge in [0.05, 0.1) is 19.2 Å². The van der Waals surface area contributed by atoms with Crippen LogP contribution in [0.4, 0.5) is 5.69 Å². The highest BCUT2D eigenvalue weighted by molar-refractivity contribution is 5.58. The number of rotatable bonds is 4. The molecule has 1 heterocycles. The van der Waals surface area contributed by atoms with Crippen LogP contribution in [0.1, 0.15) is 29.6 Å². The first kappa shape index (κ1) is 16.5. The maximum atomic E-state index is 5.34. The monoisotopic (exact) mass is 341 g/mol. The van der Waals surface area contributed by atoms with Crippen molar-refractivity contribution in [2.45, 2.75) is 18.5 Å². The minimum atomic E-state index is 0.176. The molecule has 1 fully saturated rings. The van der Waals surface area contributed by atoms with E-state index in [1.54, 1.807) is 7.11 Å². The minimum absolute atomic E-state index is 0.176. The second-order valence-electron chi connectivity index (χ2n) is 6.71. The SMILES string of the molecule is C=C1C[C@@H](c2ccccc2)N(c2ccc(OC)cc2)[C@@H]1c1ccccc1. The lowest BCUT2D eigenvalue weighted by atomic mass is 10.00. The largest absolute Gasteiger partial charge is 0.497 e. The van der Waals surface area contributed by atoms with E-state index in [4.69, 9.17) is 4.74 Å². The lowest BCUT2D eigenvalue weighted by Crippen LogP contribution is -2.26. The van der Waals surface area contributed by atoms with E-state index in [2.05, 4.69) is 84.3 Å². The Morgan fingerprint density at radius 2 is 1.38 bits per heavy atom. The summed E-state index contributed by atoms with van der Waals surface area (Å²) in [7, 11) is 1.70. The third kappa shape index (κ3) is 2.99. The highest BCUT2D eigenvalue weighted by atomic mass is 16.5. The number of nitrogens with zero attached hydrogens (tertiary/aromatic N) is 1. The molecule has 1 aliphatic heterocycles. The van der Waals surface area contributed by atoms with E-state index in [1.807, 2.05) is 12.1 Å². The topological polar surface area (TPSA) is 12.5 Å². The molecular formula is C24H23NO. The van der Waals surface area contributed by atoms with Crippen molar-refractivity contribution in [3.63, 3.8) is 0 Å². The molecule has 2 nitrogen and oxygen atoms in total. The van der Waals surface area contributed by atoms with Crippen LogP contribution in [0.3, 0.4) is 0 Å². The zero-order valence-corrected chi connectivity index (χ0v) is 15.0. The fraction of sp³-hybridized carbons (Fsp3) is 0.167. The molecule has 4 rings (SSSR count). The van der Waals surface area contributed by atoms with Crippen LogP contribution in [0.5, 0.6) is 5.75 Å². The molecule has 3 aromatic rings. The molecule has 0 N–H and O–H groups in total. The normalized spacial score (nSPS) is 19.6. The van der Waals surface area contributed by atoms with Crippen LogP contribution in [-0.4, -0.2) is 7.11 Å². The first-order chi connectivity index (χ1) is 12.8. The zero-order chi connectivity index (χ0) is 17.9. The van der Waals surface area contributed by atoms with Gasteiger partial charge in [-0.3, -0.25) is 0 Å². The molecule has 0 saturated carbocycles. The smallest absolute Gasteiger partial charge is 0.119 e. The van der Waals surface area contributed by atoms with Gasteiger partial charge in [0.25, 0.3) is 0 Å². The van der Waals surface area contributed by atoms with Gasteiger partial charge >= 0.3 is 0 Å². The molecular weight excluding hydrogens is 318 g/mol. The Kier molecular flexibility index (Phi) is 4.49. The summed E-state index contributed by atoms with van der Waals surface area (Å²) < 4.78 is 5.34. The lowest BCUT2D eigenvalue weighted by Gasteiger charge is -2.33. The van der Waals surface area contributed by atoms with Crippen LogP contribution >= 0.6 is 0 Å². The van der Waals surface area contributed by atoms with Crippen molar-refractivity contribution in [1.82, 2.24) is 0 Å². The number of anilines is 1. The highest BCUT2D eigenvalue weighted by Gasteiger charge is 2.37. The first-order valence-corrected chi connectivity index (χ1v) is 8.98. The summed E-state index contributed by atoms with van der Waals surface area (Å²) in [4.78, 5) is 2.49. The van der Waals surface area contributed by atoms with Gasteiger partial charge in [0.15, 0.2) is 0 Å². The molecule has 0 aliphatic carbocycles. The van der Waals surface area contributed by atoms with E-state index >= 15 is 0 Å². The van der Waals surface area contributed by atoms with Crippen molar-refractivity contribution >= 4 is 5.69 Å². The first-order valence-electron chi connectivity index (χ1n) is 8.98. The van der Waals surface area contributed by atoms with E-state index in [9.17, 15) is 0 Å². The van der Waals surface area contributed by atoms with Crippen molar-refractivity contribution < 1.29 is 4.74 Å². The highest BCUT2D eigenvalue weighted by Crippen LogP contribution is 2.49. The van der Waals surface area contributed by atoms with Crippen LogP contribution in [0.2, 0.25) is 0 Å². The van der Waals surface area contributed by atoms with Gasteiger partial charge in [-0.1, -0.05) is 67.2 Å². The number of methoxy groups -OCH3 is 1. The fourth-order valence-electron chi connectivity index (χ4n) is 3.90. The van der Waals surface area contributed by atoms with E-state index in [-0.39, 0.29) is 12.1 Å². The van der Waals surface area contributed by atoms with E-state index in [1.165, 1.54) is 22.4 Å². The zero-order valence-electron chi connectivity index (χ0n) is 15.0. The summed E-state index contributed by atoms with van der Waals surface area (Å²) in [5, 5.41) is 0. The molecule has 130 valence electrons. The molecule has 2 atom stereocenters. The summed E-state index contributed by atoms with van der Waals surface area (Å²) in [5.74, 6) is 0.874. The van der Waals surface area contributed by atoms with Crippen molar-refractivity contribution in [3.05, 3.63) is 108 Å². The number of hydrogen-bond acceptors (Lipinski definition) is 2. The Balaban J connectivity index is 1.81. The molecule has 0 unspecified atom stereocenters. The predicted molar refractivity (Wildman–Crippen MR) is 108 cm³/mol. The van der Waals surface area contributed by atoms with Gasteiger partial charge < -0.3 is 9.64 Å². The van der Waals surface area contributed by atoms with Gasteiger partial charge in [0.2, 0.25) is 0 Å². The summed E-state index contributed by atoms with van der Waals surface area (Å²) in [6, 6.07) is 30.2. The molecule has 26 heavy (non-hydrogen) atoms. The third-order valence-corrected chi connectivity index (χ3v) is 5.13. The summed E-state index contributed by atoms with van der Waals surface area (Å²) in [6.45, 7) is 4.43. The standard InChI is InChI=1S/C24H23NO/c1-18-17-23(19-9-5-3-6-10-19)25(21-13-15-22(26-2)16-14-21)24(18)20-11-7-4-8-12-20/h3-16,23-24H,1,17H2,2H3/t23-,24-/m0/s1. The Hall–Kier alpha value is -3.00. The Labute approximate surface area is 155 Å². The molecule has 0 amide bonds. The molecule has 0 radical (unpaired) electrons. The van der Waals surface area contributed by atoms with Crippen molar-refractivity contribution in [1.29, 1.82) is 0 Å². The third-order valence-electron chi connectivity index (χ3n) is 5.13. The minimum Gasteiger partial charge on any atom is -0.497 e. The number of benzene rings is 3. The molecule has 3 aromatic carbocycles. The Bertz CT molecular complexity index is 871. The van der Waals surface area contributed by atoms with Gasteiger partial charge in [-0.25, -0.2) is 0 Å². The van der Waals surface area contributed by atoms with Crippen molar-refractivity contribution in [2.24, 2.45) is 0 Å². The predicted octanol–water partition coefficient (Wildman–Crippen LogP) is 5.94. The molecule has 1 aliphatic rings. The second kappa shape index (κ2) is 7.09. The van der Waals surface area contributed by atoms with Gasteiger partial charge in [0.1, 0.15) is 5.75 Å². The van der Waals surface area contributed by atoms with Gasteiger partial charge in [-0.05, 0) is 47.4 Å². The van der Waals surface area contributed by atoms with Crippen LogP contribution in [-0.2, 0) is 0 Å². The maximum absolute atomic E-state index is 5.34. The van der Waals surface area contributed by atoms with Crippen LogP contribution in [0, 0.1) is 0 Å². The van der Waals surface area contributed by atoms with Gasteiger partial charge in [-0.2, -0.15) is 0 Å². The quantitative estimate of drug-likeness (QED) is 0.544. The number of ether oxygens (including phenoxy) is 1. The Morgan fingerprint density at radius 1 is 0.808 bits per heavy atom. The van der Waals surface area contributed by atoms with Crippen molar-refractivity contribution in [3.8, 4) is 5.75 Å². The average molecular weight is 341 g/mol. The van der Waals surface area contributed by atoms with E-state index in [0.717, 1.165) is 12.2 Å². The van der Waals surface area contributed by atoms with E-state index in [0.29, 0.717) is 0 Å². The van der Waals surface area contributed by atoms with Gasteiger partial charge in [-0.15, -0.1) is 0 Å². The molecule has 0 bridgehead atoms. The molecule has 0 aromatic heterocycles. The van der Waals surface area contributed by atoms with Crippen molar-refractivity contribution in [2.75, 3.05) is 12.0 Å². The molecule has 0 spiro atoms. The maximum Gasteiger partial charge on any atom is 0.119 e. The van der Waals surface area contributed by atoms with Crippen LogP contribution in [0.15, 0.2) is 97.1 Å². The average Bonchev–Trinajstić information content (AvgIpc) is 3.06. The summed E-state index contributed by atoms with van der Waals surface area (Å²) in [5.41, 5.74) is 5.04. The van der Waals surface area contributed by atoms with Crippen LogP contribution in [0.25, 0.3) is 0 Å². The Morgan fingerprint density at radius 3 is 1.96 bits per heavy atom. The number of hydrogen-bond donors (Lipinski definition) is 0. The second-order valence-corrected chi connectivity index (χ2v) is 6.71. The summed E-state index contributed by atoms with van der Waals surface area (Å²) >= 11 is 0. The molecule has 2 heteroatoms. The van der Waals surface area contributed by atoms with Crippen LogP contribution < -0.4 is 9.64 Å². The van der Waals surface area contributed by atoms with Gasteiger partial charge in [0, 0.05) is 5.69 Å². The van der Waals surface area contributed by atoms with E-state index < -0.39 is 0 Å². The lowest BCUT2D eigenvalue weighted by molar-refractivity contribution is 0.414. The summed E-state index contributed by atoms with van der Waals surface area (Å²) in [6.07, 6.45) is 0.954. The fourth-order valence-corrected chi connectivity index (χ4v) is 3.90.